The average Bonchev–Trinajstić information content (AvgIpc) is 3.24. The number of rotatable bonds is 4. The molecule has 1 saturated heterocycles. The molecule has 10 nitrogen and oxygen atoms in total. The van der Waals surface area contributed by atoms with Crippen LogP contribution in [0, 0.1) is 5.82 Å². The lowest BCUT2D eigenvalue weighted by Gasteiger charge is -2.37. The van der Waals surface area contributed by atoms with E-state index in [0.29, 0.717) is 50.7 Å². The quantitative estimate of drug-likeness (QED) is 0.736. The van der Waals surface area contributed by atoms with Crippen LogP contribution in [0.1, 0.15) is 18.4 Å². The van der Waals surface area contributed by atoms with Crippen LogP contribution in [0.2, 0.25) is 0 Å². The Morgan fingerprint density at radius 3 is 2.77 bits per heavy atom. The fraction of sp³-hybridized carbons (Fsp3) is 0.421. The maximum absolute atomic E-state index is 14.0. The predicted molar refractivity (Wildman–Crippen MR) is 104 cm³/mol. The zero-order valence-electron chi connectivity index (χ0n) is 16.5. The molecule has 0 aliphatic carbocycles. The molecule has 1 aromatic heterocycles. The van der Waals surface area contributed by atoms with Crippen molar-refractivity contribution in [1.29, 1.82) is 0 Å². The predicted octanol–water partition coefficient (Wildman–Crippen LogP) is 1.12. The van der Waals surface area contributed by atoms with E-state index in [1.807, 2.05) is 0 Å². The molecule has 0 atom stereocenters. The molecular weight excluding hydrogens is 395 g/mol. The van der Waals surface area contributed by atoms with Gasteiger partial charge in [0.25, 0.3) is 5.89 Å². The van der Waals surface area contributed by atoms with Crippen LogP contribution < -0.4 is 4.90 Å². The molecule has 0 spiro atoms. The molecule has 0 radical (unpaired) electrons. The van der Waals surface area contributed by atoms with Gasteiger partial charge in [0.2, 0.25) is 12.3 Å². The number of carbonyl (C=O) groups excluding carboxylic acids is 2. The molecule has 0 bridgehead atoms. The van der Waals surface area contributed by atoms with E-state index in [-0.39, 0.29) is 30.1 Å². The lowest BCUT2D eigenvalue weighted by Crippen LogP contribution is -2.53. The maximum Gasteiger partial charge on any atom is 0.409 e. The zero-order chi connectivity index (χ0) is 21.1. The highest BCUT2D eigenvalue weighted by Gasteiger charge is 2.30. The first-order chi connectivity index (χ1) is 14.6. The first kappa shape index (κ1) is 20.0. The molecule has 0 unspecified atom stereocenters. The fourth-order valence-electron chi connectivity index (χ4n) is 3.49. The van der Waals surface area contributed by atoms with Crippen LogP contribution in [0.15, 0.2) is 34.0 Å². The standard InChI is InChI=1S/C19H21FN6O4/c1-2-29-19(28)25-7-5-24(6-8-25)12-26-15-4-3-13(20)9-14(15)17(21-10-16(26)27)18-23-22-11-30-18/h3-4,9,11H,2,5-8,10,12H2,1H3. The van der Waals surface area contributed by atoms with E-state index >= 15 is 0 Å². The molecule has 30 heavy (non-hydrogen) atoms. The Morgan fingerprint density at radius 2 is 2.07 bits per heavy atom. The number of amides is 2. The highest BCUT2D eigenvalue weighted by Crippen LogP contribution is 2.27. The number of aromatic nitrogens is 2. The van der Waals surface area contributed by atoms with Crippen molar-refractivity contribution in [2.75, 3.05) is 50.9 Å². The summed E-state index contributed by atoms with van der Waals surface area (Å²) < 4.78 is 24.3. The van der Waals surface area contributed by atoms with Gasteiger partial charge in [-0.15, -0.1) is 10.2 Å². The number of piperazine rings is 1. The molecule has 2 aliphatic heterocycles. The summed E-state index contributed by atoms with van der Waals surface area (Å²) in [4.78, 5) is 34.3. The van der Waals surface area contributed by atoms with Crippen LogP contribution in [0.25, 0.3) is 0 Å². The summed E-state index contributed by atoms with van der Waals surface area (Å²) in [6.45, 7) is 4.42. The molecule has 4 rings (SSSR count). The Bertz CT molecular complexity index is 956. The Balaban J connectivity index is 1.55. The van der Waals surface area contributed by atoms with E-state index in [9.17, 15) is 14.0 Å². The second-order valence-corrected chi connectivity index (χ2v) is 6.84. The van der Waals surface area contributed by atoms with E-state index < -0.39 is 5.82 Å². The van der Waals surface area contributed by atoms with Gasteiger partial charge in [0, 0.05) is 31.7 Å². The first-order valence-corrected chi connectivity index (χ1v) is 9.62. The van der Waals surface area contributed by atoms with Crippen molar-refractivity contribution in [3.8, 4) is 0 Å². The van der Waals surface area contributed by atoms with Crippen LogP contribution in [0.5, 0.6) is 0 Å². The lowest BCUT2D eigenvalue weighted by molar-refractivity contribution is -0.117. The van der Waals surface area contributed by atoms with Crippen molar-refractivity contribution in [1.82, 2.24) is 20.0 Å². The van der Waals surface area contributed by atoms with E-state index in [0.717, 1.165) is 6.39 Å². The summed E-state index contributed by atoms with van der Waals surface area (Å²) in [7, 11) is 0. The molecular formula is C19H21FN6O4. The van der Waals surface area contributed by atoms with Gasteiger partial charge in [0.05, 0.1) is 19.0 Å². The Kier molecular flexibility index (Phi) is 5.70. The van der Waals surface area contributed by atoms with Gasteiger partial charge >= 0.3 is 6.09 Å². The van der Waals surface area contributed by atoms with Crippen molar-refractivity contribution >= 4 is 23.4 Å². The minimum Gasteiger partial charge on any atom is -0.450 e. The number of hydrogen-bond acceptors (Lipinski definition) is 8. The Labute approximate surface area is 171 Å². The number of halogens is 1. The third-order valence-corrected chi connectivity index (χ3v) is 4.98. The molecule has 158 valence electrons. The summed E-state index contributed by atoms with van der Waals surface area (Å²) in [5.74, 6) is -0.567. The lowest BCUT2D eigenvalue weighted by atomic mass is 10.1. The van der Waals surface area contributed by atoms with Crippen LogP contribution in [0.3, 0.4) is 0 Å². The van der Waals surface area contributed by atoms with Crippen molar-refractivity contribution in [2.45, 2.75) is 6.92 Å². The molecule has 3 heterocycles. The minimum atomic E-state index is -0.460. The van der Waals surface area contributed by atoms with Gasteiger partial charge in [-0.05, 0) is 25.1 Å². The van der Waals surface area contributed by atoms with E-state index in [2.05, 4.69) is 20.1 Å². The maximum atomic E-state index is 14.0. The van der Waals surface area contributed by atoms with Crippen molar-refractivity contribution in [3.63, 3.8) is 0 Å². The largest absolute Gasteiger partial charge is 0.450 e. The molecule has 0 saturated carbocycles. The van der Waals surface area contributed by atoms with Gasteiger partial charge in [-0.3, -0.25) is 19.6 Å². The summed E-state index contributed by atoms with van der Waals surface area (Å²) in [5.41, 5.74) is 1.21. The molecule has 1 fully saturated rings. The van der Waals surface area contributed by atoms with Gasteiger partial charge in [0.15, 0.2) is 0 Å². The third-order valence-electron chi connectivity index (χ3n) is 4.98. The van der Waals surface area contributed by atoms with E-state index in [1.54, 1.807) is 22.8 Å². The van der Waals surface area contributed by atoms with Crippen molar-refractivity contribution in [2.24, 2.45) is 4.99 Å². The number of ether oxygens (including phenoxy) is 1. The number of aliphatic imine (C=N–C) groups is 1. The normalized spacial score (nSPS) is 17.4. The average molecular weight is 416 g/mol. The summed E-state index contributed by atoms with van der Waals surface area (Å²) >= 11 is 0. The van der Waals surface area contributed by atoms with Gasteiger partial charge < -0.3 is 14.1 Å². The fourth-order valence-corrected chi connectivity index (χ4v) is 3.49. The summed E-state index contributed by atoms with van der Waals surface area (Å²) in [5, 5.41) is 7.51. The summed E-state index contributed by atoms with van der Waals surface area (Å²) in [6.07, 6.45) is 0.825. The SMILES string of the molecule is CCOC(=O)N1CCN(CN2C(=O)CN=C(c3nnco3)c3cc(F)ccc32)CC1. The van der Waals surface area contributed by atoms with Crippen molar-refractivity contribution in [3.05, 3.63) is 41.9 Å². The smallest absolute Gasteiger partial charge is 0.409 e. The topological polar surface area (TPSA) is 104 Å². The van der Waals surface area contributed by atoms with Crippen LogP contribution >= 0.6 is 0 Å². The third kappa shape index (κ3) is 4.01. The van der Waals surface area contributed by atoms with E-state index in [4.69, 9.17) is 9.15 Å². The number of benzodiazepines with no additional fused rings is 1. The zero-order valence-corrected chi connectivity index (χ0v) is 16.5. The van der Waals surface area contributed by atoms with Crippen LogP contribution in [-0.4, -0.2) is 83.7 Å². The number of anilines is 1. The van der Waals surface area contributed by atoms with Gasteiger partial charge in [0.1, 0.15) is 18.1 Å². The van der Waals surface area contributed by atoms with Gasteiger partial charge in [-0.2, -0.15) is 0 Å². The highest BCUT2D eigenvalue weighted by molar-refractivity contribution is 6.17. The first-order valence-electron chi connectivity index (χ1n) is 9.62. The molecule has 11 heteroatoms. The Hall–Kier alpha value is -3.34. The molecule has 2 aromatic rings. The number of carbonyl (C=O) groups is 2. The minimum absolute atomic E-state index is 0.125. The molecule has 1 aromatic carbocycles. The monoisotopic (exact) mass is 416 g/mol. The number of benzene rings is 1. The van der Waals surface area contributed by atoms with Gasteiger partial charge in [-0.1, -0.05) is 0 Å². The molecule has 0 N–H and O–H groups in total. The second kappa shape index (κ2) is 8.57. The van der Waals surface area contributed by atoms with Crippen LogP contribution in [-0.2, 0) is 9.53 Å². The second-order valence-electron chi connectivity index (χ2n) is 6.84. The number of nitrogens with zero attached hydrogens (tertiary/aromatic N) is 6. The van der Waals surface area contributed by atoms with Gasteiger partial charge in [-0.25, -0.2) is 9.18 Å². The summed E-state index contributed by atoms with van der Waals surface area (Å²) in [6, 6.07) is 4.16. The van der Waals surface area contributed by atoms with E-state index in [1.165, 1.54) is 12.1 Å². The Morgan fingerprint density at radius 1 is 1.27 bits per heavy atom. The molecule has 2 amide bonds. The van der Waals surface area contributed by atoms with Crippen LogP contribution in [0.4, 0.5) is 14.9 Å². The molecule has 2 aliphatic rings. The number of fused-ring (bicyclic) bond motifs is 1. The van der Waals surface area contributed by atoms with Crippen molar-refractivity contribution < 1.29 is 23.1 Å². The highest BCUT2D eigenvalue weighted by atomic mass is 19.1. The number of hydrogen-bond donors (Lipinski definition) is 0.